The number of benzene rings is 1. The third-order valence-electron chi connectivity index (χ3n) is 2.33. The standard InChI is InChI=1S/C12H15N3O2/c1-8(13)10-5-3-4-6-11(10)16-7-12-14-9(2)15-17-12/h3-6,8H,7,13H2,1-2H3/t8-/m0/s1. The lowest BCUT2D eigenvalue weighted by Crippen LogP contribution is -2.08. The summed E-state index contributed by atoms with van der Waals surface area (Å²) in [5, 5.41) is 3.70. The smallest absolute Gasteiger partial charge is 0.264 e. The second-order valence-corrected chi connectivity index (χ2v) is 3.85. The lowest BCUT2D eigenvalue weighted by molar-refractivity contribution is 0.240. The zero-order valence-electron chi connectivity index (χ0n) is 9.88. The van der Waals surface area contributed by atoms with E-state index < -0.39 is 0 Å². The molecule has 90 valence electrons. The number of para-hydroxylation sites is 1. The van der Waals surface area contributed by atoms with Crippen molar-refractivity contribution in [2.45, 2.75) is 26.5 Å². The van der Waals surface area contributed by atoms with Crippen LogP contribution < -0.4 is 10.5 Å². The zero-order valence-corrected chi connectivity index (χ0v) is 9.88. The Morgan fingerprint density at radius 3 is 2.82 bits per heavy atom. The summed E-state index contributed by atoms with van der Waals surface area (Å²) in [6, 6.07) is 7.58. The first-order chi connectivity index (χ1) is 8.16. The second-order valence-electron chi connectivity index (χ2n) is 3.85. The molecule has 1 atom stereocenters. The molecule has 0 saturated heterocycles. The minimum Gasteiger partial charge on any atom is -0.483 e. The molecule has 1 heterocycles. The summed E-state index contributed by atoms with van der Waals surface area (Å²) in [6.45, 7) is 3.94. The third kappa shape index (κ3) is 2.82. The number of aromatic nitrogens is 2. The molecule has 5 heteroatoms. The van der Waals surface area contributed by atoms with Gasteiger partial charge in [0.05, 0.1) is 0 Å². The molecule has 5 nitrogen and oxygen atoms in total. The Hall–Kier alpha value is -1.88. The van der Waals surface area contributed by atoms with Crippen LogP contribution in [0.25, 0.3) is 0 Å². The van der Waals surface area contributed by atoms with E-state index in [-0.39, 0.29) is 12.6 Å². The van der Waals surface area contributed by atoms with Crippen molar-refractivity contribution in [3.8, 4) is 5.75 Å². The van der Waals surface area contributed by atoms with Gasteiger partial charge in [-0.15, -0.1) is 0 Å². The molecule has 2 rings (SSSR count). The minimum absolute atomic E-state index is 0.0735. The number of nitrogens with zero attached hydrogens (tertiary/aromatic N) is 2. The number of hydrogen-bond donors (Lipinski definition) is 1. The lowest BCUT2D eigenvalue weighted by atomic mass is 10.1. The van der Waals surface area contributed by atoms with Crippen LogP contribution in [0.3, 0.4) is 0 Å². The lowest BCUT2D eigenvalue weighted by Gasteiger charge is -2.12. The largest absolute Gasteiger partial charge is 0.483 e. The van der Waals surface area contributed by atoms with Gasteiger partial charge in [-0.2, -0.15) is 4.98 Å². The van der Waals surface area contributed by atoms with Crippen LogP contribution >= 0.6 is 0 Å². The van der Waals surface area contributed by atoms with E-state index in [0.29, 0.717) is 11.7 Å². The van der Waals surface area contributed by atoms with Gasteiger partial charge in [0.1, 0.15) is 5.75 Å². The average Bonchev–Trinajstić information content (AvgIpc) is 2.73. The molecule has 0 radical (unpaired) electrons. The van der Waals surface area contributed by atoms with Crippen molar-refractivity contribution in [2.24, 2.45) is 5.73 Å². The van der Waals surface area contributed by atoms with E-state index in [0.717, 1.165) is 11.3 Å². The average molecular weight is 233 g/mol. The maximum Gasteiger partial charge on any atom is 0.264 e. The number of rotatable bonds is 4. The highest BCUT2D eigenvalue weighted by molar-refractivity contribution is 5.35. The van der Waals surface area contributed by atoms with Crippen LogP contribution in [0.1, 0.15) is 30.2 Å². The first-order valence-electron chi connectivity index (χ1n) is 5.43. The maximum atomic E-state index is 5.86. The van der Waals surface area contributed by atoms with Crippen LogP contribution in [0.5, 0.6) is 5.75 Å². The predicted molar refractivity (Wildman–Crippen MR) is 62.4 cm³/mol. The number of aryl methyl sites for hydroxylation is 1. The molecule has 2 aromatic rings. The molecular weight excluding hydrogens is 218 g/mol. The van der Waals surface area contributed by atoms with Crippen LogP contribution in [-0.4, -0.2) is 10.1 Å². The zero-order chi connectivity index (χ0) is 12.3. The van der Waals surface area contributed by atoms with Gasteiger partial charge in [0.15, 0.2) is 12.4 Å². The van der Waals surface area contributed by atoms with Gasteiger partial charge in [-0.3, -0.25) is 0 Å². The molecule has 0 aliphatic rings. The van der Waals surface area contributed by atoms with E-state index in [1.54, 1.807) is 6.92 Å². The summed E-state index contributed by atoms with van der Waals surface area (Å²) in [5.41, 5.74) is 6.82. The summed E-state index contributed by atoms with van der Waals surface area (Å²) in [4.78, 5) is 4.07. The van der Waals surface area contributed by atoms with E-state index in [1.807, 2.05) is 31.2 Å². The highest BCUT2D eigenvalue weighted by Crippen LogP contribution is 2.23. The van der Waals surface area contributed by atoms with Crippen LogP contribution in [0, 0.1) is 6.92 Å². The normalized spacial score (nSPS) is 12.4. The number of nitrogens with two attached hydrogens (primary N) is 1. The van der Waals surface area contributed by atoms with E-state index in [4.69, 9.17) is 15.0 Å². The van der Waals surface area contributed by atoms with Gasteiger partial charge >= 0.3 is 0 Å². The molecule has 0 aliphatic carbocycles. The Morgan fingerprint density at radius 2 is 2.18 bits per heavy atom. The summed E-state index contributed by atoms with van der Waals surface area (Å²) in [7, 11) is 0. The Bertz CT molecular complexity index is 494. The molecule has 1 aromatic heterocycles. The summed E-state index contributed by atoms with van der Waals surface area (Å²) in [5.74, 6) is 1.81. The Morgan fingerprint density at radius 1 is 1.41 bits per heavy atom. The summed E-state index contributed by atoms with van der Waals surface area (Å²) in [6.07, 6.45) is 0. The molecule has 17 heavy (non-hydrogen) atoms. The first kappa shape index (κ1) is 11.6. The van der Waals surface area contributed by atoms with Crippen molar-refractivity contribution in [3.63, 3.8) is 0 Å². The summed E-state index contributed by atoms with van der Waals surface area (Å²) < 4.78 is 10.6. The SMILES string of the molecule is Cc1noc(COc2ccccc2[C@H](C)N)n1. The molecule has 1 aromatic carbocycles. The first-order valence-corrected chi connectivity index (χ1v) is 5.43. The number of ether oxygens (including phenoxy) is 1. The molecule has 2 N–H and O–H groups in total. The van der Waals surface area contributed by atoms with Gasteiger partial charge in [0, 0.05) is 11.6 Å². The van der Waals surface area contributed by atoms with Gasteiger partial charge in [-0.25, -0.2) is 0 Å². The van der Waals surface area contributed by atoms with Gasteiger partial charge < -0.3 is 15.0 Å². The second kappa shape index (κ2) is 4.97. The molecule has 0 aliphatic heterocycles. The quantitative estimate of drug-likeness (QED) is 0.873. The third-order valence-corrected chi connectivity index (χ3v) is 2.33. The van der Waals surface area contributed by atoms with Crippen molar-refractivity contribution < 1.29 is 9.26 Å². The molecule has 0 spiro atoms. The van der Waals surface area contributed by atoms with E-state index in [9.17, 15) is 0 Å². The van der Waals surface area contributed by atoms with Crippen molar-refractivity contribution in [3.05, 3.63) is 41.5 Å². The Kier molecular flexibility index (Phi) is 3.39. The van der Waals surface area contributed by atoms with Crippen molar-refractivity contribution in [1.29, 1.82) is 0 Å². The molecule has 0 amide bonds. The topological polar surface area (TPSA) is 74.2 Å². The van der Waals surface area contributed by atoms with Crippen molar-refractivity contribution in [2.75, 3.05) is 0 Å². The fourth-order valence-corrected chi connectivity index (χ4v) is 1.53. The van der Waals surface area contributed by atoms with Crippen LogP contribution in [0.2, 0.25) is 0 Å². The molecule has 0 fully saturated rings. The monoisotopic (exact) mass is 233 g/mol. The number of hydrogen-bond acceptors (Lipinski definition) is 5. The van der Waals surface area contributed by atoms with Crippen LogP contribution in [0.4, 0.5) is 0 Å². The fourth-order valence-electron chi connectivity index (χ4n) is 1.53. The van der Waals surface area contributed by atoms with E-state index >= 15 is 0 Å². The predicted octanol–water partition coefficient (Wildman–Crippen LogP) is 1.98. The van der Waals surface area contributed by atoms with Crippen LogP contribution in [-0.2, 0) is 6.61 Å². The Balaban J connectivity index is 2.08. The highest BCUT2D eigenvalue weighted by atomic mass is 16.5. The molecule has 0 saturated carbocycles. The summed E-state index contributed by atoms with van der Waals surface area (Å²) >= 11 is 0. The molecular formula is C12H15N3O2. The minimum atomic E-state index is -0.0735. The molecule has 0 bridgehead atoms. The van der Waals surface area contributed by atoms with E-state index in [2.05, 4.69) is 10.1 Å². The van der Waals surface area contributed by atoms with Crippen LogP contribution in [0.15, 0.2) is 28.8 Å². The van der Waals surface area contributed by atoms with E-state index in [1.165, 1.54) is 0 Å². The molecule has 0 unspecified atom stereocenters. The van der Waals surface area contributed by atoms with Gasteiger partial charge in [0.2, 0.25) is 0 Å². The Labute approximate surface area is 99.6 Å². The maximum absolute atomic E-state index is 5.86. The van der Waals surface area contributed by atoms with Gasteiger partial charge in [0.25, 0.3) is 5.89 Å². The van der Waals surface area contributed by atoms with Gasteiger partial charge in [-0.1, -0.05) is 23.4 Å². The fraction of sp³-hybridized carbons (Fsp3) is 0.333. The van der Waals surface area contributed by atoms with Crippen molar-refractivity contribution in [1.82, 2.24) is 10.1 Å². The highest BCUT2D eigenvalue weighted by Gasteiger charge is 2.09. The van der Waals surface area contributed by atoms with Gasteiger partial charge in [-0.05, 0) is 19.9 Å². The van der Waals surface area contributed by atoms with Crippen molar-refractivity contribution >= 4 is 0 Å².